The lowest BCUT2D eigenvalue weighted by Crippen LogP contribution is -2.21. The Kier molecular flexibility index (Phi) is 7.25. The van der Waals surface area contributed by atoms with Crippen molar-refractivity contribution in [2.75, 3.05) is 32.2 Å². The number of anilines is 1. The smallest absolute Gasteiger partial charge is 0.349 e. The molecule has 9 nitrogen and oxygen atoms in total. The fraction of sp³-hybridized carbons (Fsp3) is 0.222. The molecule has 0 unspecified atom stereocenters. The van der Waals surface area contributed by atoms with Crippen LogP contribution in [0.1, 0.15) is 17.0 Å². The van der Waals surface area contributed by atoms with Crippen LogP contribution in [0.15, 0.2) is 54.1 Å². The molecular weight excluding hydrogens is 462 g/mol. The van der Waals surface area contributed by atoms with E-state index in [-0.39, 0.29) is 5.57 Å². The van der Waals surface area contributed by atoms with Crippen LogP contribution in [0, 0.1) is 25.2 Å². The predicted octanol–water partition coefficient (Wildman–Crippen LogP) is 3.96. The number of nitrogens with one attached hydrogen (secondary N) is 1. The zero-order valence-electron chi connectivity index (χ0n) is 20.2. The van der Waals surface area contributed by atoms with Gasteiger partial charge in [0.25, 0.3) is 5.91 Å². The Bertz CT molecular complexity index is 1370. The number of aryl methyl sites for hydroxylation is 1. The van der Waals surface area contributed by atoms with Gasteiger partial charge in [0.2, 0.25) is 0 Å². The van der Waals surface area contributed by atoms with Gasteiger partial charge in [-0.15, -0.1) is 0 Å². The van der Waals surface area contributed by atoms with Crippen LogP contribution in [0.4, 0.5) is 5.69 Å². The van der Waals surface area contributed by atoms with Crippen LogP contribution in [-0.4, -0.2) is 43.4 Å². The molecule has 0 fully saturated rings. The SMILES string of the molecule is COc1ccc(-n2c(C)cc(/C=C(\C#N)C(=O)OCC(=O)Nc3ccc4c(c3)OCCO4)c2C)cc1. The monoisotopic (exact) mass is 487 g/mol. The summed E-state index contributed by atoms with van der Waals surface area (Å²) in [4.78, 5) is 24.8. The minimum absolute atomic E-state index is 0.211. The molecule has 36 heavy (non-hydrogen) atoms. The van der Waals surface area contributed by atoms with E-state index in [2.05, 4.69) is 5.32 Å². The number of esters is 1. The molecule has 1 aliphatic rings. The Labute approximate surface area is 208 Å². The molecular formula is C27H25N3O6. The first-order valence-corrected chi connectivity index (χ1v) is 11.2. The average Bonchev–Trinajstić information content (AvgIpc) is 3.18. The zero-order chi connectivity index (χ0) is 25.7. The van der Waals surface area contributed by atoms with Crippen LogP contribution in [-0.2, 0) is 14.3 Å². The third kappa shape index (κ3) is 5.33. The lowest BCUT2D eigenvalue weighted by atomic mass is 10.1. The molecule has 0 bridgehead atoms. The standard InChI is InChI=1S/C27H25N3O6/c1-17-12-19(18(2)30(17)22-5-7-23(33-3)8-6-22)13-20(15-28)27(32)36-16-26(31)29-21-4-9-24-25(14-21)35-11-10-34-24/h4-9,12-14H,10-11,16H2,1-3H3,(H,29,31)/b20-13+. The molecule has 0 spiro atoms. The Morgan fingerprint density at radius 1 is 1.08 bits per heavy atom. The molecule has 0 saturated heterocycles. The van der Waals surface area contributed by atoms with Gasteiger partial charge in [-0.2, -0.15) is 5.26 Å². The van der Waals surface area contributed by atoms with Crippen molar-refractivity contribution in [1.29, 1.82) is 5.26 Å². The maximum absolute atomic E-state index is 12.5. The van der Waals surface area contributed by atoms with E-state index in [0.717, 1.165) is 22.8 Å². The highest BCUT2D eigenvalue weighted by molar-refractivity contribution is 6.00. The summed E-state index contributed by atoms with van der Waals surface area (Å²) in [5.41, 5.74) is 3.64. The number of hydrogen-bond donors (Lipinski definition) is 1. The number of amides is 1. The van der Waals surface area contributed by atoms with E-state index in [1.165, 1.54) is 6.08 Å². The van der Waals surface area contributed by atoms with Gasteiger partial charge in [-0.25, -0.2) is 4.79 Å². The van der Waals surface area contributed by atoms with Gasteiger partial charge in [-0.05, 0) is 68.0 Å². The van der Waals surface area contributed by atoms with Gasteiger partial charge >= 0.3 is 5.97 Å². The summed E-state index contributed by atoms with van der Waals surface area (Å²) in [7, 11) is 1.61. The number of rotatable bonds is 7. The van der Waals surface area contributed by atoms with Gasteiger partial charge in [-0.1, -0.05) is 0 Å². The van der Waals surface area contributed by atoms with Crippen molar-refractivity contribution in [2.24, 2.45) is 0 Å². The van der Waals surface area contributed by atoms with Crippen LogP contribution in [0.2, 0.25) is 0 Å². The minimum atomic E-state index is -0.885. The van der Waals surface area contributed by atoms with Gasteiger partial charge in [-0.3, -0.25) is 4.79 Å². The van der Waals surface area contributed by atoms with Gasteiger partial charge in [0.05, 0.1) is 7.11 Å². The van der Waals surface area contributed by atoms with E-state index in [1.807, 2.05) is 54.8 Å². The molecule has 0 saturated carbocycles. The molecule has 1 aliphatic heterocycles. The lowest BCUT2D eigenvalue weighted by molar-refractivity contribution is -0.142. The first-order chi connectivity index (χ1) is 17.4. The molecule has 0 aliphatic carbocycles. The molecule has 2 aromatic carbocycles. The van der Waals surface area contributed by atoms with Crippen molar-refractivity contribution in [2.45, 2.75) is 13.8 Å². The van der Waals surface area contributed by atoms with Crippen LogP contribution in [0.3, 0.4) is 0 Å². The number of aromatic nitrogens is 1. The lowest BCUT2D eigenvalue weighted by Gasteiger charge is -2.19. The summed E-state index contributed by atoms with van der Waals surface area (Å²) >= 11 is 0. The van der Waals surface area contributed by atoms with Crippen LogP contribution in [0.25, 0.3) is 11.8 Å². The number of carbonyl (C=O) groups is 2. The Balaban J connectivity index is 1.42. The van der Waals surface area contributed by atoms with Crippen molar-refractivity contribution >= 4 is 23.6 Å². The summed E-state index contributed by atoms with van der Waals surface area (Å²) < 4.78 is 23.2. The Morgan fingerprint density at radius 2 is 1.81 bits per heavy atom. The van der Waals surface area contributed by atoms with E-state index in [1.54, 1.807) is 25.3 Å². The van der Waals surface area contributed by atoms with Crippen molar-refractivity contribution in [1.82, 2.24) is 4.57 Å². The largest absolute Gasteiger partial charge is 0.497 e. The maximum atomic E-state index is 12.5. The molecule has 9 heteroatoms. The van der Waals surface area contributed by atoms with Crippen LogP contribution >= 0.6 is 0 Å². The second-order valence-electron chi connectivity index (χ2n) is 8.01. The zero-order valence-corrected chi connectivity index (χ0v) is 20.2. The Morgan fingerprint density at radius 3 is 2.50 bits per heavy atom. The highest BCUT2D eigenvalue weighted by Crippen LogP contribution is 2.32. The molecule has 0 radical (unpaired) electrons. The first kappa shape index (κ1) is 24.4. The second kappa shape index (κ2) is 10.7. The van der Waals surface area contributed by atoms with Crippen LogP contribution in [0.5, 0.6) is 17.2 Å². The summed E-state index contributed by atoms with van der Waals surface area (Å²) in [6.45, 7) is 4.17. The van der Waals surface area contributed by atoms with Gasteiger partial charge in [0.15, 0.2) is 18.1 Å². The van der Waals surface area contributed by atoms with E-state index in [9.17, 15) is 14.9 Å². The summed E-state index contributed by atoms with van der Waals surface area (Å²) in [5.74, 6) is 0.437. The topological polar surface area (TPSA) is 112 Å². The summed E-state index contributed by atoms with van der Waals surface area (Å²) in [6.07, 6.45) is 1.46. The molecule has 1 amide bonds. The van der Waals surface area contributed by atoms with Crippen molar-refractivity contribution in [3.05, 3.63) is 71.1 Å². The number of carbonyl (C=O) groups excluding carboxylic acids is 2. The molecule has 0 atom stereocenters. The summed E-state index contributed by atoms with van der Waals surface area (Å²) in [6, 6.07) is 16.3. The number of ether oxygens (including phenoxy) is 4. The fourth-order valence-electron chi connectivity index (χ4n) is 3.88. The molecule has 184 valence electrons. The fourth-order valence-corrected chi connectivity index (χ4v) is 3.88. The van der Waals surface area contributed by atoms with Gasteiger partial charge in [0, 0.05) is 28.8 Å². The van der Waals surface area contributed by atoms with Crippen molar-refractivity contribution in [3.63, 3.8) is 0 Å². The molecule has 1 N–H and O–H groups in total. The predicted molar refractivity (Wildman–Crippen MR) is 132 cm³/mol. The maximum Gasteiger partial charge on any atom is 0.349 e. The van der Waals surface area contributed by atoms with E-state index in [0.29, 0.717) is 36.0 Å². The molecule has 4 rings (SSSR count). The number of benzene rings is 2. The van der Waals surface area contributed by atoms with Gasteiger partial charge < -0.3 is 28.8 Å². The minimum Gasteiger partial charge on any atom is -0.497 e. The van der Waals surface area contributed by atoms with Crippen molar-refractivity contribution < 1.29 is 28.5 Å². The normalized spacial score (nSPS) is 12.4. The van der Waals surface area contributed by atoms with Gasteiger partial charge in [0.1, 0.15) is 30.6 Å². The highest BCUT2D eigenvalue weighted by atomic mass is 16.6. The van der Waals surface area contributed by atoms with E-state index >= 15 is 0 Å². The average molecular weight is 488 g/mol. The van der Waals surface area contributed by atoms with E-state index < -0.39 is 18.5 Å². The highest BCUT2D eigenvalue weighted by Gasteiger charge is 2.17. The number of methoxy groups -OCH3 is 1. The quantitative estimate of drug-likeness (QED) is 0.305. The molecule has 1 aromatic heterocycles. The number of nitrogens with zero attached hydrogens (tertiary/aromatic N) is 2. The number of hydrogen-bond acceptors (Lipinski definition) is 7. The van der Waals surface area contributed by atoms with Crippen LogP contribution < -0.4 is 19.5 Å². The third-order valence-electron chi connectivity index (χ3n) is 5.60. The second-order valence-corrected chi connectivity index (χ2v) is 8.01. The van der Waals surface area contributed by atoms with Crippen molar-refractivity contribution in [3.8, 4) is 29.0 Å². The van der Waals surface area contributed by atoms with E-state index in [4.69, 9.17) is 18.9 Å². The number of nitriles is 1. The third-order valence-corrected chi connectivity index (χ3v) is 5.60. The first-order valence-electron chi connectivity index (χ1n) is 11.2. The molecule has 3 aromatic rings. The summed E-state index contributed by atoms with van der Waals surface area (Å²) in [5, 5.41) is 12.2. The Hall–Kier alpha value is -4.71. The number of fused-ring (bicyclic) bond motifs is 1. The molecule has 2 heterocycles.